The molecule has 108 valence electrons. The van der Waals surface area contributed by atoms with Crippen LogP contribution in [0, 0.1) is 0 Å². The summed E-state index contributed by atoms with van der Waals surface area (Å²) in [6, 6.07) is 17.0. The lowest BCUT2D eigenvalue weighted by Gasteiger charge is -2.18. The van der Waals surface area contributed by atoms with Gasteiger partial charge >= 0.3 is 0 Å². The summed E-state index contributed by atoms with van der Waals surface area (Å²) in [6.07, 6.45) is 2.06. The maximum absolute atomic E-state index is 6.03. The van der Waals surface area contributed by atoms with Crippen molar-refractivity contribution in [1.82, 2.24) is 0 Å². The first-order valence-electron chi connectivity index (χ1n) is 7.17. The van der Waals surface area contributed by atoms with Gasteiger partial charge in [0.05, 0.1) is 0 Å². The van der Waals surface area contributed by atoms with Gasteiger partial charge in [-0.1, -0.05) is 68.9 Å². The maximum Gasteiger partial charge on any atom is 0.169 e. The fraction of sp³-hybridized carbons (Fsp3) is 0.263. The Bertz CT molecular complexity index is 763. The van der Waals surface area contributed by atoms with E-state index in [1.807, 2.05) is 6.07 Å². The van der Waals surface area contributed by atoms with Gasteiger partial charge in [0.2, 0.25) is 0 Å². The molecule has 1 nitrogen and oxygen atoms in total. The summed E-state index contributed by atoms with van der Waals surface area (Å²) in [5.41, 5.74) is 4.86. The Hall–Kier alpha value is -1.67. The molecule has 0 fully saturated rings. The molecule has 2 heteroatoms. The Kier molecular flexibility index (Phi) is 3.58. The monoisotopic (exact) mass is 296 g/mol. The van der Waals surface area contributed by atoms with E-state index in [-0.39, 0.29) is 5.41 Å². The molecule has 0 radical (unpaired) electrons. The van der Waals surface area contributed by atoms with Gasteiger partial charge in [-0.05, 0) is 34.9 Å². The van der Waals surface area contributed by atoms with Gasteiger partial charge in [0.15, 0.2) is 5.09 Å². The number of furan rings is 1. The molecule has 3 aromatic rings. The van der Waals surface area contributed by atoms with E-state index < -0.39 is 0 Å². The van der Waals surface area contributed by atoms with Crippen LogP contribution in [0.4, 0.5) is 0 Å². The van der Waals surface area contributed by atoms with Crippen molar-refractivity contribution in [3.05, 3.63) is 54.1 Å². The molecule has 1 heterocycles. The van der Waals surface area contributed by atoms with E-state index in [4.69, 9.17) is 4.42 Å². The molecule has 1 aromatic heterocycles. The number of thioether (sulfide) groups is 1. The number of benzene rings is 2. The summed E-state index contributed by atoms with van der Waals surface area (Å²) in [6.45, 7) is 6.73. The van der Waals surface area contributed by atoms with Crippen LogP contribution in [0.1, 0.15) is 26.3 Å². The molecular formula is C19H20OS. The van der Waals surface area contributed by atoms with Crippen molar-refractivity contribution in [2.24, 2.45) is 0 Å². The van der Waals surface area contributed by atoms with Crippen molar-refractivity contribution in [2.75, 3.05) is 6.26 Å². The summed E-state index contributed by atoms with van der Waals surface area (Å²) in [5, 5.41) is 2.19. The predicted octanol–water partition coefficient (Wildman–Crippen LogP) is 6.12. The minimum absolute atomic E-state index is 0.138. The third kappa shape index (κ3) is 2.60. The van der Waals surface area contributed by atoms with Crippen molar-refractivity contribution in [3.8, 4) is 11.1 Å². The highest BCUT2D eigenvalue weighted by molar-refractivity contribution is 7.98. The highest BCUT2D eigenvalue weighted by Crippen LogP contribution is 2.40. The second kappa shape index (κ2) is 5.27. The number of fused-ring (bicyclic) bond motifs is 1. The zero-order valence-electron chi connectivity index (χ0n) is 12.9. The van der Waals surface area contributed by atoms with Crippen LogP contribution in [0.15, 0.2) is 58.0 Å². The molecule has 0 aliphatic rings. The molecule has 0 saturated heterocycles. The zero-order chi connectivity index (χ0) is 15.0. The smallest absolute Gasteiger partial charge is 0.169 e. The predicted molar refractivity (Wildman–Crippen MR) is 92.1 cm³/mol. The SMILES string of the molecule is CSc1oc2ccc(C(C)(C)C)cc2c1-c1ccccc1. The fourth-order valence-corrected chi connectivity index (χ4v) is 3.17. The topological polar surface area (TPSA) is 13.1 Å². The molecule has 0 N–H and O–H groups in total. The maximum atomic E-state index is 6.03. The summed E-state index contributed by atoms with van der Waals surface area (Å²) in [5.74, 6) is 0. The lowest BCUT2D eigenvalue weighted by molar-refractivity contribution is 0.517. The normalized spacial score (nSPS) is 12.0. The molecule has 0 atom stereocenters. The van der Waals surface area contributed by atoms with Crippen LogP contribution in [0.3, 0.4) is 0 Å². The number of hydrogen-bond acceptors (Lipinski definition) is 2. The Morgan fingerprint density at radius 2 is 1.67 bits per heavy atom. The molecular weight excluding hydrogens is 276 g/mol. The average Bonchev–Trinajstić information content (AvgIpc) is 2.84. The summed E-state index contributed by atoms with van der Waals surface area (Å²) < 4.78 is 6.03. The van der Waals surface area contributed by atoms with Crippen LogP contribution >= 0.6 is 11.8 Å². The third-order valence-electron chi connectivity index (χ3n) is 3.77. The molecule has 0 bridgehead atoms. The number of hydrogen-bond donors (Lipinski definition) is 0. The van der Waals surface area contributed by atoms with Gasteiger partial charge in [-0.3, -0.25) is 0 Å². The Morgan fingerprint density at radius 1 is 0.952 bits per heavy atom. The molecule has 0 amide bonds. The van der Waals surface area contributed by atoms with E-state index >= 15 is 0 Å². The number of rotatable bonds is 2. The van der Waals surface area contributed by atoms with Crippen molar-refractivity contribution in [2.45, 2.75) is 31.3 Å². The van der Waals surface area contributed by atoms with E-state index in [0.717, 1.165) is 10.7 Å². The lowest BCUT2D eigenvalue weighted by atomic mass is 9.86. The van der Waals surface area contributed by atoms with Crippen molar-refractivity contribution >= 4 is 22.7 Å². The molecule has 2 aromatic carbocycles. The molecule has 0 aliphatic carbocycles. The van der Waals surface area contributed by atoms with Gasteiger partial charge in [-0.15, -0.1) is 0 Å². The van der Waals surface area contributed by atoms with Crippen LogP contribution in [0.5, 0.6) is 0 Å². The summed E-state index contributed by atoms with van der Waals surface area (Å²) in [7, 11) is 0. The first kappa shape index (κ1) is 14.3. The Balaban J connectivity index is 2.30. The summed E-state index contributed by atoms with van der Waals surface area (Å²) >= 11 is 1.66. The highest BCUT2D eigenvalue weighted by atomic mass is 32.2. The van der Waals surface area contributed by atoms with Crippen molar-refractivity contribution in [1.29, 1.82) is 0 Å². The van der Waals surface area contributed by atoms with Gasteiger partial charge in [0.1, 0.15) is 5.58 Å². The van der Waals surface area contributed by atoms with Crippen LogP contribution in [-0.2, 0) is 5.41 Å². The molecule has 3 rings (SSSR count). The first-order chi connectivity index (χ1) is 10.0. The lowest BCUT2D eigenvalue weighted by Crippen LogP contribution is -2.10. The van der Waals surface area contributed by atoms with E-state index in [1.165, 1.54) is 22.1 Å². The average molecular weight is 296 g/mol. The Morgan fingerprint density at radius 3 is 2.29 bits per heavy atom. The van der Waals surface area contributed by atoms with Crippen molar-refractivity contribution in [3.63, 3.8) is 0 Å². The van der Waals surface area contributed by atoms with Gasteiger partial charge in [0.25, 0.3) is 0 Å². The molecule has 0 saturated carbocycles. The minimum Gasteiger partial charge on any atom is -0.449 e. The van der Waals surface area contributed by atoms with Gasteiger partial charge in [-0.25, -0.2) is 0 Å². The second-order valence-corrected chi connectivity index (χ2v) is 7.07. The van der Waals surface area contributed by atoms with Gasteiger partial charge in [0, 0.05) is 10.9 Å². The standard InChI is InChI=1S/C19H20OS/c1-19(2,3)14-10-11-16-15(12-14)17(18(20-16)21-4)13-8-6-5-7-9-13/h5-12H,1-4H3. The van der Waals surface area contributed by atoms with Crippen LogP contribution in [-0.4, -0.2) is 6.26 Å². The summed E-state index contributed by atoms with van der Waals surface area (Å²) in [4.78, 5) is 0. The van der Waals surface area contributed by atoms with E-state index in [1.54, 1.807) is 11.8 Å². The molecule has 0 spiro atoms. The third-order valence-corrected chi connectivity index (χ3v) is 4.43. The first-order valence-corrected chi connectivity index (χ1v) is 8.39. The Labute approximate surface area is 130 Å². The van der Waals surface area contributed by atoms with E-state index in [9.17, 15) is 0 Å². The molecule has 0 aliphatic heterocycles. The van der Waals surface area contributed by atoms with Gasteiger partial charge in [-0.2, -0.15) is 0 Å². The second-order valence-electron chi connectivity index (χ2n) is 6.30. The van der Waals surface area contributed by atoms with Gasteiger partial charge < -0.3 is 4.42 Å². The van der Waals surface area contributed by atoms with Crippen LogP contribution in [0.2, 0.25) is 0 Å². The molecule has 0 unspecified atom stereocenters. The largest absolute Gasteiger partial charge is 0.449 e. The minimum atomic E-state index is 0.138. The highest BCUT2D eigenvalue weighted by Gasteiger charge is 2.19. The van der Waals surface area contributed by atoms with Crippen molar-refractivity contribution < 1.29 is 4.42 Å². The zero-order valence-corrected chi connectivity index (χ0v) is 13.8. The molecule has 21 heavy (non-hydrogen) atoms. The van der Waals surface area contributed by atoms with E-state index in [0.29, 0.717) is 0 Å². The quantitative estimate of drug-likeness (QED) is 0.528. The van der Waals surface area contributed by atoms with Crippen LogP contribution < -0.4 is 0 Å². The van der Waals surface area contributed by atoms with E-state index in [2.05, 4.69) is 69.5 Å². The van der Waals surface area contributed by atoms with Crippen LogP contribution in [0.25, 0.3) is 22.1 Å². The fourth-order valence-electron chi connectivity index (χ4n) is 2.56.